The fraction of sp³-hybridized carbons (Fsp3) is 0.889. The zero-order chi connectivity index (χ0) is 9.14. The molecule has 0 spiro atoms. The van der Waals surface area contributed by atoms with E-state index in [1.807, 2.05) is 0 Å². The maximum atomic E-state index is 11.2. The van der Waals surface area contributed by atoms with E-state index in [4.69, 9.17) is 0 Å². The lowest BCUT2D eigenvalue weighted by molar-refractivity contribution is -0.120. The molecule has 3 heteroatoms. The number of hydrogen-bond donors (Lipinski definition) is 2. The summed E-state index contributed by atoms with van der Waals surface area (Å²) in [6.07, 6.45) is 3.62. The zero-order valence-electron chi connectivity index (χ0n) is 7.71. The molecule has 0 aliphatic heterocycles. The lowest BCUT2D eigenvalue weighted by Crippen LogP contribution is -2.32. The molecule has 1 aliphatic rings. The second-order valence-corrected chi connectivity index (χ2v) is 4.35. The summed E-state index contributed by atoms with van der Waals surface area (Å²) >= 11 is 4.07. The van der Waals surface area contributed by atoms with Crippen LogP contribution < -0.4 is 5.32 Å². The highest BCUT2D eigenvalue weighted by molar-refractivity contribution is 7.81. The van der Waals surface area contributed by atoms with Crippen LogP contribution in [0, 0.1) is 5.92 Å². The number of nitrogens with one attached hydrogen (secondary N) is 1. The second kappa shape index (κ2) is 4.17. The summed E-state index contributed by atoms with van der Waals surface area (Å²) < 4.78 is 0. The maximum absolute atomic E-state index is 11.2. The number of hydrogen-bond acceptors (Lipinski definition) is 2. The highest BCUT2D eigenvalue weighted by Gasteiger charge is 2.37. The molecule has 1 aliphatic carbocycles. The van der Waals surface area contributed by atoms with E-state index in [9.17, 15) is 4.79 Å². The summed E-state index contributed by atoms with van der Waals surface area (Å²) in [6, 6.07) is 0.451. The minimum absolute atomic E-state index is 0.0712. The molecule has 1 fully saturated rings. The molecular weight excluding hydrogens is 170 g/mol. The fourth-order valence-electron chi connectivity index (χ4n) is 1.42. The molecule has 3 atom stereocenters. The third-order valence-corrected chi connectivity index (χ3v) is 2.52. The highest BCUT2D eigenvalue weighted by Crippen LogP contribution is 2.34. The summed E-state index contributed by atoms with van der Waals surface area (Å²) in [6.45, 7) is 3.98. The van der Waals surface area contributed by atoms with Gasteiger partial charge in [0.05, 0.1) is 5.25 Å². The van der Waals surface area contributed by atoms with Gasteiger partial charge in [0.25, 0.3) is 0 Å². The SMILES string of the molecule is CCCC1CC1NC(=O)C(C)S. The number of thiol groups is 1. The Kier molecular flexibility index (Phi) is 3.44. The topological polar surface area (TPSA) is 29.1 Å². The van der Waals surface area contributed by atoms with Gasteiger partial charge in [-0.3, -0.25) is 4.79 Å². The Morgan fingerprint density at radius 1 is 1.75 bits per heavy atom. The average molecular weight is 187 g/mol. The lowest BCUT2D eigenvalue weighted by Gasteiger charge is -2.05. The van der Waals surface area contributed by atoms with Crippen molar-refractivity contribution in [1.82, 2.24) is 5.32 Å². The van der Waals surface area contributed by atoms with Crippen molar-refractivity contribution in [3.63, 3.8) is 0 Å². The van der Waals surface area contributed by atoms with E-state index in [-0.39, 0.29) is 11.2 Å². The van der Waals surface area contributed by atoms with E-state index in [2.05, 4.69) is 24.9 Å². The Labute approximate surface area is 79.5 Å². The number of rotatable bonds is 4. The molecular formula is C9H17NOS. The predicted octanol–water partition coefficient (Wildman–Crippen LogP) is 1.61. The largest absolute Gasteiger partial charge is 0.352 e. The van der Waals surface area contributed by atoms with Gasteiger partial charge in [-0.1, -0.05) is 13.3 Å². The quantitative estimate of drug-likeness (QED) is 0.643. The molecule has 0 aromatic carbocycles. The first-order valence-electron chi connectivity index (χ1n) is 4.63. The van der Waals surface area contributed by atoms with Crippen molar-refractivity contribution in [3.8, 4) is 0 Å². The van der Waals surface area contributed by atoms with Gasteiger partial charge in [-0.25, -0.2) is 0 Å². The van der Waals surface area contributed by atoms with Crippen LogP contribution in [0.15, 0.2) is 0 Å². The summed E-state index contributed by atoms with van der Waals surface area (Å²) in [5.41, 5.74) is 0. The smallest absolute Gasteiger partial charge is 0.232 e. The maximum Gasteiger partial charge on any atom is 0.232 e. The van der Waals surface area contributed by atoms with Gasteiger partial charge >= 0.3 is 0 Å². The van der Waals surface area contributed by atoms with Crippen molar-refractivity contribution in [2.75, 3.05) is 0 Å². The molecule has 0 heterocycles. The molecule has 0 bridgehead atoms. The Morgan fingerprint density at radius 2 is 2.42 bits per heavy atom. The van der Waals surface area contributed by atoms with Gasteiger partial charge in [-0.15, -0.1) is 0 Å². The fourth-order valence-corrected chi connectivity index (χ4v) is 1.49. The van der Waals surface area contributed by atoms with Crippen LogP contribution >= 0.6 is 12.6 Å². The summed E-state index contributed by atoms with van der Waals surface area (Å²) in [5, 5.41) is 2.80. The van der Waals surface area contributed by atoms with E-state index in [0.717, 1.165) is 5.92 Å². The third kappa shape index (κ3) is 2.70. The molecule has 1 saturated carbocycles. The van der Waals surface area contributed by atoms with Crippen molar-refractivity contribution < 1.29 is 4.79 Å². The van der Waals surface area contributed by atoms with E-state index in [0.29, 0.717) is 6.04 Å². The summed E-state index contributed by atoms with van der Waals surface area (Å²) in [5.74, 6) is 0.813. The molecule has 0 saturated heterocycles. The van der Waals surface area contributed by atoms with Crippen LogP contribution in [0.4, 0.5) is 0 Å². The second-order valence-electron chi connectivity index (χ2n) is 3.58. The molecule has 0 radical (unpaired) electrons. The van der Waals surface area contributed by atoms with Crippen LogP contribution in [0.5, 0.6) is 0 Å². The molecule has 70 valence electrons. The summed E-state index contributed by atoms with van der Waals surface area (Å²) in [7, 11) is 0. The highest BCUT2D eigenvalue weighted by atomic mass is 32.1. The number of amides is 1. The molecule has 3 unspecified atom stereocenters. The molecule has 0 aromatic heterocycles. The van der Waals surface area contributed by atoms with Gasteiger partial charge in [0, 0.05) is 6.04 Å². The van der Waals surface area contributed by atoms with E-state index < -0.39 is 0 Å². The van der Waals surface area contributed by atoms with Gasteiger partial charge in [-0.2, -0.15) is 12.6 Å². The molecule has 12 heavy (non-hydrogen) atoms. The molecule has 0 aromatic rings. The average Bonchev–Trinajstić information content (AvgIpc) is 2.68. The predicted molar refractivity (Wildman–Crippen MR) is 53.4 cm³/mol. The minimum atomic E-state index is -0.173. The van der Waals surface area contributed by atoms with Crippen LogP contribution in [-0.4, -0.2) is 17.2 Å². The van der Waals surface area contributed by atoms with Gasteiger partial charge in [0.1, 0.15) is 0 Å². The first kappa shape index (κ1) is 9.90. The van der Waals surface area contributed by atoms with Crippen molar-refractivity contribution >= 4 is 18.5 Å². The van der Waals surface area contributed by atoms with Crippen LogP contribution in [0.1, 0.15) is 33.1 Å². The van der Waals surface area contributed by atoms with E-state index >= 15 is 0 Å². The molecule has 1 rings (SSSR count). The Morgan fingerprint density at radius 3 is 2.92 bits per heavy atom. The lowest BCUT2D eigenvalue weighted by atomic mass is 10.2. The summed E-state index contributed by atoms with van der Waals surface area (Å²) in [4.78, 5) is 11.2. The van der Waals surface area contributed by atoms with E-state index in [1.54, 1.807) is 6.92 Å². The first-order chi connectivity index (χ1) is 5.65. The molecule has 2 nitrogen and oxygen atoms in total. The van der Waals surface area contributed by atoms with Gasteiger partial charge in [0.15, 0.2) is 0 Å². The number of carbonyl (C=O) groups excluding carboxylic acids is 1. The van der Waals surface area contributed by atoms with Gasteiger partial charge in [-0.05, 0) is 25.7 Å². The Balaban J connectivity index is 2.14. The minimum Gasteiger partial charge on any atom is -0.352 e. The zero-order valence-corrected chi connectivity index (χ0v) is 8.60. The molecule has 1 amide bonds. The standard InChI is InChI=1S/C9H17NOS/c1-3-4-7-5-8(7)10-9(11)6(2)12/h6-8,12H,3-5H2,1-2H3,(H,10,11). The van der Waals surface area contributed by atoms with Crippen LogP contribution in [0.3, 0.4) is 0 Å². The van der Waals surface area contributed by atoms with Crippen molar-refractivity contribution in [1.29, 1.82) is 0 Å². The van der Waals surface area contributed by atoms with Crippen LogP contribution in [0.25, 0.3) is 0 Å². The van der Waals surface area contributed by atoms with Crippen LogP contribution in [-0.2, 0) is 4.79 Å². The number of carbonyl (C=O) groups is 1. The monoisotopic (exact) mass is 187 g/mol. The molecule has 1 N–H and O–H groups in total. The van der Waals surface area contributed by atoms with Crippen molar-refractivity contribution in [2.45, 2.75) is 44.4 Å². The van der Waals surface area contributed by atoms with E-state index in [1.165, 1.54) is 19.3 Å². The Bertz CT molecular complexity index is 170. The van der Waals surface area contributed by atoms with Gasteiger partial charge in [0.2, 0.25) is 5.91 Å². The normalized spacial score (nSPS) is 29.6. The van der Waals surface area contributed by atoms with Crippen LogP contribution in [0.2, 0.25) is 0 Å². The van der Waals surface area contributed by atoms with Gasteiger partial charge < -0.3 is 5.32 Å². The van der Waals surface area contributed by atoms with Crippen molar-refractivity contribution in [3.05, 3.63) is 0 Å². The Hall–Kier alpha value is -0.180. The van der Waals surface area contributed by atoms with Crippen molar-refractivity contribution in [2.24, 2.45) is 5.92 Å². The third-order valence-electron chi connectivity index (χ3n) is 2.29. The first-order valence-corrected chi connectivity index (χ1v) is 5.15.